The SMILES string of the molecule is O=C1N(Cc2ccc3ccccc3c2)[C@H]([C@@H](F)Cc2ccccc2)[C@@H]([C@@H](F)Cc2ccccc2)N1Cc1ccc2ccccc2c1. The van der Waals surface area contributed by atoms with E-state index in [1.165, 1.54) is 0 Å². The topological polar surface area (TPSA) is 23.6 Å². The number of halogens is 2. The van der Waals surface area contributed by atoms with E-state index in [-0.39, 0.29) is 32.0 Å². The van der Waals surface area contributed by atoms with Gasteiger partial charge in [0, 0.05) is 25.9 Å². The van der Waals surface area contributed by atoms with Gasteiger partial charge in [0.15, 0.2) is 0 Å². The second-order valence-corrected chi connectivity index (χ2v) is 12.3. The first-order valence-electron chi connectivity index (χ1n) is 15.9. The van der Waals surface area contributed by atoms with Crippen LogP contribution in [0.25, 0.3) is 21.5 Å². The average Bonchev–Trinajstić information content (AvgIpc) is 3.36. The van der Waals surface area contributed by atoms with E-state index in [9.17, 15) is 4.79 Å². The molecule has 1 heterocycles. The highest BCUT2D eigenvalue weighted by molar-refractivity contribution is 5.84. The molecule has 4 atom stereocenters. The number of urea groups is 1. The van der Waals surface area contributed by atoms with E-state index >= 15 is 8.78 Å². The number of alkyl halides is 2. The van der Waals surface area contributed by atoms with E-state index in [4.69, 9.17) is 0 Å². The monoisotopic (exact) mass is 610 g/mol. The molecule has 0 unspecified atom stereocenters. The van der Waals surface area contributed by atoms with Crippen LogP contribution in [0.15, 0.2) is 146 Å². The van der Waals surface area contributed by atoms with Gasteiger partial charge in [0.1, 0.15) is 12.3 Å². The van der Waals surface area contributed by atoms with Gasteiger partial charge in [0.2, 0.25) is 0 Å². The van der Waals surface area contributed by atoms with Gasteiger partial charge in [-0.05, 0) is 55.9 Å². The summed E-state index contributed by atoms with van der Waals surface area (Å²) in [4.78, 5) is 17.7. The summed E-state index contributed by atoms with van der Waals surface area (Å²) < 4.78 is 33.7. The van der Waals surface area contributed by atoms with Crippen molar-refractivity contribution in [1.29, 1.82) is 0 Å². The molecule has 0 saturated carbocycles. The van der Waals surface area contributed by atoms with Gasteiger partial charge in [0.05, 0.1) is 12.1 Å². The van der Waals surface area contributed by atoms with Gasteiger partial charge in [-0.3, -0.25) is 0 Å². The van der Waals surface area contributed by atoms with Crippen LogP contribution >= 0.6 is 0 Å². The van der Waals surface area contributed by atoms with Gasteiger partial charge in [-0.1, -0.05) is 133 Å². The Bertz CT molecular complexity index is 1810. The van der Waals surface area contributed by atoms with E-state index in [1.54, 1.807) is 9.80 Å². The Morgan fingerprint density at radius 2 is 0.826 bits per heavy atom. The third kappa shape index (κ3) is 6.23. The molecular weight excluding hydrogens is 574 g/mol. The van der Waals surface area contributed by atoms with Crippen LogP contribution in [0.2, 0.25) is 0 Å². The fourth-order valence-electron chi connectivity index (χ4n) is 6.94. The summed E-state index contributed by atoms with van der Waals surface area (Å²) in [6.45, 7) is 0.374. The molecule has 230 valence electrons. The van der Waals surface area contributed by atoms with E-state index in [0.29, 0.717) is 0 Å². The summed E-state index contributed by atoms with van der Waals surface area (Å²) in [5.41, 5.74) is 3.40. The normalized spacial score (nSPS) is 17.9. The summed E-state index contributed by atoms with van der Waals surface area (Å²) in [6.07, 6.45) is -2.78. The number of fused-ring (bicyclic) bond motifs is 2. The van der Waals surface area contributed by atoms with Gasteiger partial charge in [-0.15, -0.1) is 0 Å². The molecule has 1 aliphatic rings. The minimum atomic E-state index is -1.48. The molecule has 1 fully saturated rings. The Balaban J connectivity index is 1.29. The predicted molar refractivity (Wildman–Crippen MR) is 182 cm³/mol. The second-order valence-electron chi connectivity index (χ2n) is 12.3. The fourth-order valence-corrected chi connectivity index (χ4v) is 6.94. The zero-order valence-corrected chi connectivity index (χ0v) is 25.6. The smallest absolute Gasteiger partial charge is 0.312 e. The summed E-state index contributed by atoms with van der Waals surface area (Å²) in [5.74, 6) is 0. The van der Waals surface area contributed by atoms with Crippen LogP contribution in [0.3, 0.4) is 0 Å². The number of hydrogen-bond acceptors (Lipinski definition) is 1. The van der Waals surface area contributed by atoms with Crippen molar-refractivity contribution in [3.63, 3.8) is 0 Å². The van der Waals surface area contributed by atoms with E-state index in [1.807, 2.05) is 146 Å². The van der Waals surface area contributed by atoms with Gasteiger partial charge < -0.3 is 9.80 Å². The molecule has 3 nitrogen and oxygen atoms in total. The Labute approximate surface area is 268 Å². The molecular formula is C41H36F2N2O. The molecule has 46 heavy (non-hydrogen) atoms. The first-order valence-corrected chi connectivity index (χ1v) is 15.9. The van der Waals surface area contributed by atoms with Crippen LogP contribution < -0.4 is 0 Å². The second kappa shape index (κ2) is 13.1. The number of nitrogens with zero attached hydrogens (tertiary/aromatic N) is 2. The van der Waals surface area contributed by atoms with Crippen LogP contribution in [0.4, 0.5) is 13.6 Å². The maximum absolute atomic E-state index is 16.9. The van der Waals surface area contributed by atoms with Crippen molar-refractivity contribution in [1.82, 2.24) is 9.80 Å². The number of amides is 2. The molecule has 1 saturated heterocycles. The molecule has 0 aliphatic carbocycles. The van der Waals surface area contributed by atoms with E-state index in [0.717, 1.165) is 43.8 Å². The van der Waals surface area contributed by atoms with Gasteiger partial charge in [0.25, 0.3) is 0 Å². The molecule has 0 spiro atoms. The largest absolute Gasteiger partial charge is 0.321 e. The third-order valence-corrected chi connectivity index (χ3v) is 9.18. The van der Waals surface area contributed by atoms with Crippen LogP contribution in [0.1, 0.15) is 22.3 Å². The summed E-state index contributed by atoms with van der Waals surface area (Å²) in [5, 5.41) is 4.26. The quantitative estimate of drug-likeness (QED) is 0.152. The molecule has 7 rings (SSSR count). The number of carbonyl (C=O) groups excluding carboxylic acids is 1. The number of carbonyl (C=O) groups is 1. The lowest BCUT2D eigenvalue weighted by Crippen LogP contribution is -2.50. The number of hydrogen-bond donors (Lipinski definition) is 0. The molecule has 0 N–H and O–H groups in total. The minimum Gasteiger partial charge on any atom is -0.312 e. The third-order valence-electron chi connectivity index (χ3n) is 9.18. The van der Waals surface area contributed by atoms with Crippen LogP contribution in [-0.2, 0) is 25.9 Å². The molecule has 0 radical (unpaired) electrons. The molecule has 5 heteroatoms. The van der Waals surface area contributed by atoms with Gasteiger partial charge in [-0.25, -0.2) is 13.6 Å². The zero-order chi connectivity index (χ0) is 31.5. The first kappa shape index (κ1) is 29.7. The Hall–Kier alpha value is -5.03. The maximum atomic E-state index is 16.9. The highest BCUT2D eigenvalue weighted by Crippen LogP contribution is 2.36. The van der Waals surface area contributed by atoms with Crippen LogP contribution in [0, 0.1) is 0 Å². The Morgan fingerprint density at radius 3 is 1.24 bits per heavy atom. The zero-order valence-electron chi connectivity index (χ0n) is 25.6. The Morgan fingerprint density at radius 1 is 0.457 bits per heavy atom. The lowest BCUT2D eigenvalue weighted by molar-refractivity contribution is 0.0906. The summed E-state index contributed by atoms with van der Waals surface area (Å²) in [6, 6.07) is 44.7. The van der Waals surface area contributed by atoms with Crippen molar-refractivity contribution in [3.8, 4) is 0 Å². The number of rotatable bonds is 10. The van der Waals surface area contributed by atoms with E-state index < -0.39 is 24.4 Å². The highest BCUT2D eigenvalue weighted by Gasteiger charge is 2.52. The molecule has 1 aliphatic heterocycles. The van der Waals surface area contributed by atoms with Crippen molar-refractivity contribution in [2.24, 2.45) is 0 Å². The average molecular weight is 611 g/mol. The summed E-state index contributed by atoms with van der Waals surface area (Å²) >= 11 is 0. The molecule has 2 amide bonds. The molecule has 0 bridgehead atoms. The predicted octanol–water partition coefficient (Wildman–Crippen LogP) is 9.33. The van der Waals surface area contributed by atoms with Crippen molar-refractivity contribution in [3.05, 3.63) is 168 Å². The highest BCUT2D eigenvalue weighted by atomic mass is 19.1. The first-order chi connectivity index (χ1) is 22.5. The van der Waals surface area contributed by atoms with Crippen molar-refractivity contribution in [2.75, 3.05) is 0 Å². The standard InChI is InChI=1S/C41H36F2N2O/c42-37(25-29-11-3-1-4-12-29)39-40(38(43)26-30-13-5-2-6-14-30)45(28-32-20-22-34-16-8-10-18-36(34)24-32)41(46)44(39)27-31-19-21-33-15-7-9-17-35(33)23-31/h1-24,37-40H,25-28H2/t37-,38-,39+,40+/m0/s1. The number of benzene rings is 6. The molecule has 0 aromatic heterocycles. The van der Waals surface area contributed by atoms with Crippen molar-refractivity contribution in [2.45, 2.75) is 50.4 Å². The van der Waals surface area contributed by atoms with Crippen molar-refractivity contribution >= 4 is 27.6 Å². The molecule has 6 aromatic carbocycles. The minimum absolute atomic E-state index is 0.0887. The van der Waals surface area contributed by atoms with Crippen molar-refractivity contribution < 1.29 is 13.6 Å². The van der Waals surface area contributed by atoms with E-state index in [2.05, 4.69) is 0 Å². The lowest BCUT2D eigenvalue weighted by Gasteiger charge is -2.33. The van der Waals surface area contributed by atoms with Gasteiger partial charge >= 0.3 is 6.03 Å². The lowest BCUT2D eigenvalue weighted by atomic mass is 9.91. The van der Waals surface area contributed by atoms with Crippen LogP contribution in [-0.4, -0.2) is 40.3 Å². The maximum Gasteiger partial charge on any atom is 0.321 e. The fraction of sp³-hybridized carbons (Fsp3) is 0.195. The Kier molecular flexibility index (Phi) is 8.47. The van der Waals surface area contributed by atoms with Gasteiger partial charge in [-0.2, -0.15) is 0 Å². The summed E-state index contributed by atoms with van der Waals surface area (Å²) in [7, 11) is 0. The van der Waals surface area contributed by atoms with Crippen LogP contribution in [0.5, 0.6) is 0 Å². The molecule has 6 aromatic rings.